The van der Waals surface area contributed by atoms with E-state index in [0.717, 1.165) is 22.6 Å². The Labute approximate surface area is 140 Å². The van der Waals surface area contributed by atoms with Crippen LogP contribution in [-0.4, -0.2) is 28.2 Å². The number of nitrogens with one attached hydrogen (secondary N) is 1. The van der Waals surface area contributed by atoms with Crippen LogP contribution in [-0.2, 0) is 17.6 Å². The lowest BCUT2D eigenvalue weighted by molar-refractivity contribution is -0.121. The van der Waals surface area contributed by atoms with E-state index in [0.29, 0.717) is 19.3 Å². The minimum absolute atomic E-state index is 0.0105. The average molecular weight is 330 g/mol. The van der Waals surface area contributed by atoms with Crippen molar-refractivity contribution in [3.05, 3.63) is 52.4 Å². The fourth-order valence-electron chi connectivity index (χ4n) is 2.57. The molecule has 128 valence electrons. The van der Waals surface area contributed by atoms with E-state index in [4.69, 9.17) is 9.63 Å². The number of nitrogens with zero attached hydrogens (tertiary/aromatic N) is 1. The van der Waals surface area contributed by atoms with Crippen molar-refractivity contribution >= 4 is 11.9 Å². The third-order valence-corrected chi connectivity index (χ3v) is 3.94. The maximum absolute atomic E-state index is 12.1. The predicted molar refractivity (Wildman–Crippen MR) is 89.0 cm³/mol. The molecule has 0 spiro atoms. The molecular formula is C18H22N2O4. The number of amides is 1. The van der Waals surface area contributed by atoms with Crippen LogP contribution in [0.4, 0.5) is 0 Å². The van der Waals surface area contributed by atoms with Crippen LogP contribution in [0.25, 0.3) is 0 Å². The Hall–Kier alpha value is -2.63. The first kappa shape index (κ1) is 17.7. The summed E-state index contributed by atoms with van der Waals surface area (Å²) in [5, 5.41) is 15.7. The summed E-state index contributed by atoms with van der Waals surface area (Å²) in [7, 11) is 0. The number of aryl methyl sites for hydroxylation is 3. The number of hydrogen-bond acceptors (Lipinski definition) is 4. The highest BCUT2D eigenvalue weighted by Crippen LogP contribution is 2.14. The monoisotopic (exact) mass is 330 g/mol. The van der Waals surface area contributed by atoms with Gasteiger partial charge < -0.3 is 14.9 Å². The van der Waals surface area contributed by atoms with Crippen LogP contribution in [0.2, 0.25) is 0 Å². The van der Waals surface area contributed by atoms with Crippen LogP contribution in [0.5, 0.6) is 0 Å². The molecule has 0 radical (unpaired) electrons. The maximum Gasteiger partial charge on any atom is 0.335 e. The Bertz CT molecular complexity index is 700. The number of hydrogen-bond donors (Lipinski definition) is 2. The molecule has 0 bridgehead atoms. The molecule has 2 rings (SSSR count). The number of carboxylic acid groups (broad SMARTS) is 1. The molecule has 0 aliphatic rings. The molecule has 1 heterocycles. The van der Waals surface area contributed by atoms with E-state index in [1.165, 1.54) is 0 Å². The van der Waals surface area contributed by atoms with Crippen molar-refractivity contribution in [2.75, 3.05) is 0 Å². The number of carbonyl (C=O) groups excluding carboxylic acids is 1. The van der Waals surface area contributed by atoms with E-state index in [-0.39, 0.29) is 17.5 Å². The second kappa shape index (κ2) is 7.77. The maximum atomic E-state index is 12.1. The summed E-state index contributed by atoms with van der Waals surface area (Å²) < 4.78 is 5.13. The standard InChI is InChI=1S/C18H22N2O4/c1-11(10-16-12(2)20-24-13(16)3)19-17(21)9-6-14-4-7-15(8-5-14)18(22)23/h4-5,7-8,11H,6,9-10H2,1-3H3,(H,19,21)(H,22,23). The van der Waals surface area contributed by atoms with Gasteiger partial charge in [0.25, 0.3) is 0 Å². The molecule has 24 heavy (non-hydrogen) atoms. The van der Waals surface area contributed by atoms with Gasteiger partial charge in [-0.05, 0) is 51.3 Å². The first-order chi connectivity index (χ1) is 11.4. The summed E-state index contributed by atoms with van der Waals surface area (Å²) in [6, 6.07) is 6.57. The molecule has 0 saturated heterocycles. The number of carboxylic acids is 1. The number of carbonyl (C=O) groups is 2. The molecule has 2 aromatic rings. The van der Waals surface area contributed by atoms with E-state index < -0.39 is 5.97 Å². The third kappa shape index (κ3) is 4.68. The van der Waals surface area contributed by atoms with Crippen LogP contribution < -0.4 is 5.32 Å². The number of aromatic carboxylic acids is 1. The third-order valence-electron chi connectivity index (χ3n) is 3.94. The van der Waals surface area contributed by atoms with Crippen molar-refractivity contribution in [1.82, 2.24) is 10.5 Å². The van der Waals surface area contributed by atoms with Crippen molar-refractivity contribution in [2.24, 2.45) is 0 Å². The highest BCUT2D eigenvalue weighted by atomic mass is 16.5. The normalized spacial score (nSPS) is 12.0. The molecule has 1 aromatic heterocycles. The summed E-state index contributed by atoms with van der Waals surface area (Å²) in [4.78, 5) is 22.9. The van der Waals surface area contributed by atoms with Crippen LogP contribution in [0.15, 0.2) is 28.8 Å². The molecule has 1 amide bonds. The Morgan fingerprint density at radius 3 is 2.46 bits per heavy atom. The molecule has 2 N–H and O–H groups in total. The lowest BCUT2D eigenvalue weighted by Gasteiger charge is -2.13. The largest absolute Gasteiger partial charge is 0.478 e. The molecule has 6 nitrogen and oxygen atoms in total. The lowest BCUT2D eigenvalue weighted by Crippen LogP contribution is -2.34. The van der Waals surface area contributed by atoms with Crippen LogP contribution in [0.3, 0.4) is 0 Å². The smallest absolute Gasteiger partial charge is 0.335 e. The zero-order valence-electron chi connectivity index (χ0n) is 14.1. The number of aromatic nitrogens is 1. The van der Waals surface area contributed by atoms with Crippen molar-refractivity contribution in [3.8, 4) is 0 Å². The second-order valence-corrected chi connectivity index (χ2v) is 5.98. The van der Waals surface area contributed by atoms with E-state index in [2.05, 4.69) is 10.5 Å². The summed E-state index contributed by atoms with van der Waals surface area (Å²) in [5.41, 5.74) is 3.07. The zero-order valence-corrected chi connectivity index (χ0v) is 14.1. The lowest BCUT2D eigenvalue weighted by atomic mass is 10.0. The molecule has 6 heteroatoms. The van der Waals surface area contributed by atoms with Crippen molar-refractivity contribution in [3.63, 3.8) is 0 Å². The van der Waals surface area contributed by atoms with Gasteiger partial charge in [-0.15, -0.1) is 0 Å². The Balaban J connectivity index is 1.81. The van der Waals surface area contributed by atoms with Crippen LogP contribution in [0, 0.1) is 13.8 Å². The molecule has 1 aromatic carbocycles. The minimum Gasteiger partial charge on any atom is -0.478 e. The molecule has 1 atom stereocenters. The Kier molecular flexibility index (Phi) is 5.73. The Morgan fingerprint density at radius 1 is 1.25 bits per heavy atom. The van der Waals surface area contributed by atoms with Gasteiger partial charge in [0.1, 0.15) is 5.76 Å². The van der Waals surface area contributed by atoms with E-state index in [9.17, 15) is 9.59 Å². The summed E-state index contributed by atoms with van der Waals surface area (Å²) in [5.74, 6) is -0.198. The van der Waals surface area contributed by atoms with Gasteiger partial charge in [0.05, 0.1) is 11.3 Å². The van der Waals surface area contributed by atoms with E-state index >= 15 is 0 Å². The zero-order chi connectivity index (χ0) is 17.7. The van der Waals surface area contributed by atoms with Gasteiger partial charge in [-0.2, -0.15) is 0 Å². The van der Waals surface area contributed by atoms with Crippen LogP contribution in [0.1, 0.15) is 46.3 Å². The fourth-order valence-corrected chi connectivity index (χ4v) is 2.57. The van der Waals surface area contributed by atoms with Crippen molar-refractivity contribution in [2.45, 2.75) is 46.1 Å². The summed E-state index contributed by atoms with van der Waals surface area (Å²) in [6.45, 7) is 5.71. The molecule has 0 aliphatic carbocycles. The van der Waals surface area contributed by atoms with E-state index in [1.54, 1.807) is 24.3 Å². The van der Waals surface area contributed by atoms with Gasteiger partial charge in [-0.3, -0.25) is 4.79 Å². The van der Waals surface area contributed by atoms with Gasteiger partial charge in [-0.25, -0.2) is 4.79 Å². The predicted octanol–water partition coefficient (Wildman–Crippen LogP) is 2.67. The van der Waals surface area contributed by atoms with Gasteiger partial charge in [0.2, 0.25) is 5.91 Å². The SMILES string of the molecule is Cc1noc(C)c1CC(C)NC(=O)CCc1ccc(C(=O)O)cc1. The molecule has 0 saturated carbocycles. The topological polar surface area (TPSA) is 92.4 Å². The number of benzene rings is 1. The minimum atomic E-state index is -0.951. The van der Waals surface area contributed by atoms with Gasteiger partial charge in [-0.1, -0.05) is 17.3 Å². The highest BCUT2D eigenvalue weighted by Gasteiger charge is 2.14. The van der Waals surface area contributed by atoms with Gasteiger partial charge in [0.15, 0.2) is 0 Å². The highest BCUT2D eigenvalue weighted by molar-refractivity contribution is 5.87. The molecule has 0 aliphatic heterocycles. The fraction of sp³-hybridized carbons (Fsp3) is 0.389. The average Bonchev–Trinajstić information content (AvgIpc) is 2.85. The Morgan fingerprint density at radius 2 is 1.92 bits per heavy atom. The summed E-state index contributed by atoms with van der Waals surface area (Å²) in [6.07, 6.45) is 1.61. The van der Waals surface area contributed by atoms with E-state index in [1.807, 2.05) is 20.8 Å². The second-order valence-electron chi connectivity index (χ2n) is 5.98. The molecular weight excluding hydrogens is 308 g/mol. The van der Waals surface area contributed by atoms with Crippen LogP contribution >= 0.6 is 0 Å². The molecule has 1 unspecified atom stereocenters. The summed E-state index contributed by atoms with van der Waals surface area (Å²) >= 11 is 0. The first-order valence-electron chi connectivity index (χ1n) is 7.90. The van der Waals surface area contributed by atoms with Crippen molar-refractivity contribution < 1.29 is 19.2 Å². The van der Waals surface area contributed by atoms with Crippen molar-refractivity contribution in [1.29, 1.82) is 0 Å². The molecule has 0 fully saturated rings. The number of rotatable bonds is 7. The first-order valence-corrected chi connectivity index (χ1v) is 7.90. The van der Waals surface area contributed by atoms with Gasteiger partial charge in [0, 0.05) is 18.0 Å². The quantitative estimate of drug-likeness (QED) is 0.814. The van der Waals surface area contributed by atoms with Gasteiger partial charge >= 0.3 is 5.97 Å².